The number of nitrogens with zero attached hydrogens (tertiary/aromatic N) is 2. The average Bonchev–Trinajstić information content (AvgIpc) is 3.26. The highest BCUT2D eigenvalue weighted by Crippen LogP contribution is 2.20. The van der Waals surface area contributed by atoms with Crippen LogP contribution in [0.5, 0.6) is 0 Å². The molecule has 0 radical (unpaired) electrons. The second-order valence-electron chi connectivity index (χ2n) is 6.88. The molecule has 1 unspecified atom stereocenters. The van der Waals surface area contributed by atoms with Crippen LogP contribution in [0.1, 0.15) is 37.6 Å². The van der Waals surface area contributed by atoms with Crippen LogP contribution >= 0.6 is 0 Å². The Bertz CT molecular complexity index is 730. The van der Waals surface area contributed by atoms with E-state index in [1.54, 1.807) is 18.2 Å². The van der Waals surface area contributed by atoms with Gasteiger partial charge in [-0.2, -0.15) is 0 Å². The van der Waals surface area contributed by atoms with E-state index in [-0.39, 0.29) is 24.4 Å². The third-order valence-corrected chi connectivity index (χ3v) is 4.85. The highest BCUT2D eigenvalue weighted by Gasteiger charge is 2.21. The molecule has 0 fully saturated rings. The van der Waals surface area contributed by atoms with Crippen LogP contribution in [-0.2, 0) is 11.3 Å². The summed E-state index contributed by atoms with van der Waals surface area (Å²) < 4.78 is 5.54. The van der Waals surface area contributed by atoms with Gasteiger partial charge >= 0.3 is 6.03 Å². The maximum Gasteiger partial charge on any atom is 0.317 e. The Balaban J connectivity index is 1.73. The molecule has 0 aliphatic carbocycles. The zero-order valence-corrected chi connectivity index (χ0v) is 17.6. The van der Waals surface area contributed by atoms with Gasteiger partial charge in [0.2, 0.25) is 5.91 Å². The Morgan fingerprint density at radius 3 is 2.38 bits per heavy atom. The second kappa shape index (κ2) is 11.9. The molecule has 2 aromatic rings. The van der Waals surface area contributed by atoms with E-state index in [1.807, 2.05) is 42.5 Å². The molecular weight excluding hydrogens is 368 g/mol. The first-order valence-electron chi connectivity index (χ1n) is 10.1. The molecule has 3 amide bonds. The molecule has 7 nitrogen and oxygen atoms in total. The smallest absolute Gasteiger partial charge is 0.317 e. The molecule has 1 aromatic carbocycles. The van der Waals surface area contributed by atoms with Crippen molar-refractivity contribution in [3.8, 4) is 0 Å². The predicted octanol–water partition coefficient (Wildman–Crippen LogP) is 3.01. The molecule has 1 heterocycles. The number of furan rings is 1. The topological polar surface area (TPSA) is 77.8 Å². The largest absolute Gasteiger partial charge is 0.468 e. The minimum absolute atomic E-state index is 0.00412. The molecule has 2 rings (SSSR count). The van der Waals surface area contributed by atoms with Crippen LogP contribution in [0, 0.1) is 0 Å². The minimum atomic E-state index is -0.196. The van der Waals surface area contributed by atoms with Crippen molar-refractivity contribution in [1.29, 1.82) is 0 Å². The summed E-state index contributed by atoms with van der Waals surface area (Å²) in [5, 5.41) is 5.75. The molecule has 158 valence electrons. The number of hydrogen-bond acceptors (Lipinski definition) is 4. The Kier molecular flexibility index (Phi) is 9.24. The summed E-state index contributed by atoms with van der Waals surface area (Å²) in [4.78, 5) is 28.2. The summed E-state index contributed by atoms with van der Waals surface area (Å²) >= 11 is 0. The van der Waals surface area contributed by atoms with Crippen molar-refractivity contribution in [3.63, 3.8) is 0 Å². The van der Waals surface area contributed by atoms with E-state index in [2.05, 4.69) is 29.4 Å². The molecule has 0 spiro atoms. The molecule has 7 heteroatoms. The number of hydrogen-bond donors (Lipinski definition) is 2. The van der Waals surface area contributed by atoms with Crippen LogP contribution in [0.4, 0.5) is 4.79 Å². The monoisotopic (exact) mass is 400 g/mol. The molecule has 0 saturated carbocycles. The summed E-state index contributed by atoms with van der Waals surface area (Å²) in [6.45, 7) is 7.18. The molecule has 0 aliphatic heterocycles. The predicted molar refractivity (Wildman–Crippen MR) is 113 cm³/mol. The van der Waals surface area contributed by atoms with Crippen LogP contribution < -0.4 is 10.6 Å². The first-order chi connectivity index (χ1) is 14.0. The number of rotatable bonds is 11. The summed E-state index contributed by atoms with van der Waals surface area (Å²) in [6, 6.07) is 13.4. The van der Waals surface area contributed by atoms with E-state index in [1.165, 1.54) is 0 Å². The van der Waals surface area contributed by atoms with Gasteiger partial charge in [-0.25, -0.2) is 4.79 Å². The minimum Gasteiger partial charge on any atom is -0.468 e. The standard InChI is InChI=1S/C22H32N4O3/c1-4-26(5-2)19(20-12-9-15-29-20)16-24-21(27)13-14-23-22(28)25(3)17-18-10-7-6-8-11-18/h6-12,15,19H,4-5,13-14,16-17H2,1-3H3,(H,23,28)(H,24,27). The fraction of sp³-hybridized carbons (Fsp3) is 0.455. The molecule has 0 bridgehead atoms. The van der Waals surface area contributed by atoms with Crippen LogP contribution in [-0.4, -0.2) is 55.0 Å². The maximum atomic E-state index is 12.2. The van der Waals surface area contributed by atoms with Gasteiger partial charge in [0.05, 0.1) is 12.3 Å². The molecule has 29 heavy (non-hydrogen) atoms. The van der Waals surface area contributed by atoms with Crippen molar-refractivity contribution < 1.29 is 14.0 Å². The van der Waals surface area contributed by atoms with Gasteiger partial charge < -0.3 is 20.0 Å². The van der Waals surface area contributed by atoms with Gasteiger partial charge in [-0.05, 0) is 30.8 Å². The van der Waals surface area contributed by atoms with E-state index in [0.29, 0.717) is 19.6 Å². The van der Waals surface area contributed by atoms with Crippen LogP contribution in [0.3, 0.4) is 0 Å². The lowest BCUT2D eigenvalue weighted by Gasteiger charge is -2.28. The van der Waals surface area contributed by atoms with Crippen LogP contribution in [0.2, 0.25) is 0 Å². The van der Waals surface area contributed by atoms with E-state index < -0.39 is 0 Å². The number of nitrogens with one attached hydrogen (secondary N) is 2. The third kappa shape index (κ3) is 7.27. The number of likely N-dealkylation sites (N-methyl/N-ethyl adjacent to an activating group) is 1. The van der Waals surface area contributed by atoms with Gasteiger partial charge in [-0.3, -0.25) is 9.69 Å². The number of carbonyl (C=O) groups excluding carboxylic acids is 2. The molecule has 0 saturated heterocycles. The fourth-order valence-electron chi connectivity index (χ4n) is 3.20. The summed E-state index contributed by atoms with van der Waals surface area (Å²) in [5.74, 6) is 0.740. The second-order valence-corrected chi connectivity index (χ2v) is 6.88. The zero-order valence-electron chi connectivity index (χ0n) is 17.6. The number of carbonyl (C=O) groups is 2. The highest BCUT2D eigenvalue weighted by molar-refractivity contribution is 5.78. The average molecular weight is 401 g/mol. The number of benzene rings is 1. The fourth-order valence-corrected chi connectivity index (χ4v) is 3.20. The van der Waals surface area contributed by atoms with Crippen LogP contribution in [0.15, 0.2) is 53.1 Å². The van der Waals surface area contributed by atoms with E-state index in [0.717, 1.165) is 24.4 Å². The number of urea groups is 1. The third-order valence-electron chi connectivity index (χ3n) is 4.85. The van der Waals surface area contributed by atoms with Crippen molar-refractivity contribution in [1.82, 2.24) is 20.4 Å². The van der Waals surface area contributed by atoms with Crippen molar-refractivity contribution in [2.45, 2.75) is 32.9 Å². The molecule has 1 aromatic heterocycles. The normalized spacial score (nSPS) is 11.9. The Hall–Kier alpha value is -2.80. The Morgan fingerprint density at radius 1 is 1.03 bits per heavy atom. The van der Waals surface area contributed by atoms with E-state index >= 15 is 0 Å². The quantitative estimate of drug-likeness (QED) is 0.608. The Labute approximate surface area is 173 Å². The van der Waals surface area contributed by atoms with E-state index in [9.17, 15) is 9.59 Å². The van der Waals surface area contributed by atoms with Gasteiger partial charge in [-0.15, -0.1) is 0 Å². The van der Waals surface area contributed by atoms with Gasteiger partial charge in [-0.1, -0.05) is 44.2 Å². The highest BCUT2D eigenvalue weighted by atomic mass is 16.3. The van der Waals surface area contributed by atoms with Gasteiger partial charge in [0.1, 0.15) is 5.76 Å². The van der Waals surface area contributed by atoms with E-state index in [4.69, 9.17) is 4.42 Å². The summed E-state index contributed by atoms with van der Waals surface area (Å²) in [6.07, 6.45) is 1.88. The Morgan fingerprint density at radius 2 is 1.76 bits per heavy atom. The first kappa shape index (κ1) is 22.5. The number of amides is 3. The van der Waals surface area contributed by atoms with Gasteiger partial charge in [0, 0.05) is 33.1 Å². The van der Waals surface area contributed by atoms with Crippen LogP contribution in [0.25, 0.3) is 0 Å². The molecule has 0 aliphatic rings. The molecular formula is C22H32N4O3. The van der Waals surface area contributed by atoms with Crippen molar-refractivity contribution in [3.05, 3.63) is 60.1 Å². The summed E-state index contributed by atoms with van der Waals surface area (Å²) in [7, 11) is 1.74. The van der Waals surface area contributed by atoms with Crippen molar-refractivity contribution in [2.24, 2.45) is 0 Å². The molecule has 1 atom stereocenters. The van der Waals surface area contributed by atoms with Crippen molar-refractivity contribution >= 4 is 11.9 Å². The zero-order chi connectivity index (χ0) is 21.1. The lowest BCUT2D eigenvalue weighted by atomic mass is 10.2. The SMILES string of the molecule is CCN(CC)C(CNC(=O)CCNC(=O)N(C)Cc1ccccc1)c1ccco1. The lowest BCUT2D eigenvalue weighted by molar-refractivity contribution is -0.121. The lowest BCUT2D eigenvalue weighted by Crippen LogP contribution is -2.40. The van der Waals surface area contributed by atoms with Gasteiger partial charge in [0.15, 0.2) is 0 Å². The summed E-state index contributed by atoms with van der Waals surface area (Å²) in [5.41, 5.74) is 1.06. The van der Waals surface area contributed by atoms with Gasteiger partial charge in [0.25, 0.3) is 0 Å². The first-order valence-corrected chi connectivity index (χ1v) is 10.1. The van der Waals surface area contributed by atoms with Crippen molar-refractivity contribution in [2.75, 3.05) is 33.2 Å². The maximum absolute atomic E-state index is 12.2. The molecule has 2 N–H and O–H groups in total.